The van der Waals surface area contributed by atoms with Gasteiger partial charge < -0.3 is 9.84 Å². The molecule has 3 aromatic heterocycles. The Bertz CT molecular complexity index is 1020. The highest BCUT2D eigenvalue weighted by atomic mass is 32.1. The molecule has 0 fully saturated rings. The Kier molecular flexibility index (Phi) is 3.87. The molecule has 0 atom stereocenters. The van der Waals surface area contributed by atoms with E-state index in [1.807, 2.05) is 48.7 Å². The molecule has 1 amide bonds. The zero-order valence-corrected chi connectivity index (χ0v) is 14.0. The summed E-state index contributed by atoms with van der Waals surface area (Å²) in [6.45, 7) is 1.83. The Hall–Kier alpha value is -3.26. The lowest BCUT2D eigenvalue weighted by Crippen LogP contribution is -2.21. The number of hydrogen-bond donors (Lipinski definition) is 1. The van der Waals surface area contributed by atoms with E-state index >= 15 is 0 Å². The molecular formula is C17H13N5O2S. The van der Waals surface area contributed by atoms with Gasteiger partial charge in [-0.25, -0.2) is 9.78 Å². The van der Waals surface area contributed by atoms with E-state index in [-0.39, 0.29) is 6.03 Å². The van der Waals surface area contributed by atoms with Gasteiger partial charge in [-0.2, -0.15) is 9.78 Å². The first-order chi connectivity index (χ1) is 12.2. The predicted octanol–water partition coefficient (Wildman–Crippen LogP) is 4.05. The fourth-order valence-corrected chi connectivity index (χ4v) is 3.10. The van der Waals surface area contributed by atoms with Gasteiger partial charge in [-0.3, -0.25) is 0 Å². The highest BCUT2D eigenvalue weighted by molar-refractivity contribution is 7.13. The van der Waals surface area contributed by atoms with Gasteiger partial charge in [0.1, 0.15) is 22.2 Å². The monoisotopic (exact) mass is 351 g/mol. The van der Waals surface area contributed by atoms with Crippen molar-refractivity contribution in [2.75, 3.05) is 5.32 Å². The maximum atomic E-state index is 12.5. The Morgan fingerprint density at radius 1 is 1.20 bits per heavy atom. The van der Waals surface area contributed by atoms with E-state index in [4.69, 9.17) is 4.52 Å². The summed E-state index contributed by atoms with van der Waals surface area (Å²) in [5, 5.41) is 13.5. The van der Waals surface area contributed by atoms with Gasteiger partial charge in [0.2, 0.25) is 0 Å². The van der Waals surface area contributed by atoms with Crippen LogP contribution in [0, 0.1) is 6.92 Å². The largest absolute Gasteiger partial charge is 0.361 e. The molecule has 3 heterocycles. The number of anilines is 1. The van der Waals surface area contributed by atoms with Crippen molar-refractivity contribution in [1.29, 1.82) is 0 Å². The number of carbonyl (C=O) groups is 1. The quantitative estimate of drug-likeness (QED) is 0.602. The molecular weight excluding hydrogens is 338 g/mol. The van der Waals surface area contributed by atoms with Crippen LogP contribution in [0.3, 0.4) is 0 Å². The first kappa shape index (κ1) is 15.3. The molecule has 0 aliphatic heterocycles. The van der Waals surface area contributed by atoms with Gasteiger partial charge >= 0.3 is 6.03 Å². The zero-order valence-electron chi connectivity index (χ0n) is 13.2. The van der Waals surface area contributed by atoms with E-state index < -0.39 is 0 Å². The molecule has 0 saturated carbocycles. The van der Waals surface area contributed by atoms with Gasteiger partial charge in [0.05, 0.1) is 11.9 Å². The van der Waals surface area contributed by atoms with E-state index in [1.54, 1.807) is 12.3 Å². The minimum absolute atomic E-state index is 0.349. The van der Waals surface area contributed by atoms with E-state index in [0.29, 0.717) is 22.8 Å². The van der Waals surface area contributed by atoms with E-state index in [2.05, 4.69) is 20.6 Å². The molecule has 1 aromatic carbocycles. The van der Waals surface area contributed by atoms with Crippen LogP contribution in [0.25, 0.3) is 22.1 Å². The third-order valence-electron chi connectivity index (χ3n) is 3.47. The molecule has 25 heavy (non-hydrogen) atoms. The molecule has 0 bridgehead atoms. The fraction of sp³-hybridized carbons (Fsp3) is 0.0588. The molecule has 0 radical (unpaired) electrons. The number of para-hydroxylation sites is 1. The van der Waals surface area contributed by atoms with Gasteiger partial charge in [-0.05, 0) is 25.1 Å². The smallest absolute Gasteiger partial charge is 0.347 e. The van der Waals surface area contributed by atoms with Gasteiger partial charge in [0.25, 0.3) is 0 Å². The molecule has 0 saturated heterocycles. The second-order valence-electron chi connectivity index (χ2n) is 5.29. The zero-order chi connectivity index (χ0) is 17.2. The summed E-state index contributed by atoms with van der Waals surface area (Å²) in [4.78, 5) is 17.0. The molecule has 0 aliphatic rings. The highest BCUT2D eigenvalue weighted by Crippen LogP contribution is 2.28. The van der Waals surface area contributed by atoms with Gasteiger partial charge in [-0.15, -0.1) is 11.3 Å². The number of nitrogens with one attached hydrogen (secondary N) is 1. The lowest BCUT2D eigenvalue weighted by Gasteiger charge is -2.06. The van der Waals surface area contributed by atoms with Crippen LogP contribution in [0.1, 0.15) is 5.76 Å². The van der Waals surface area contributed by atoms with Gasteiger partial charge in [0, 0.05) is 17.1 Å². The maximum absolute atomic E-state index is 12.5. The fourth-order valence-electron chi connectivity index (χ4n) is 2.33. The number of rotatable bonds is 3. The molecule has 0 unspecified atom stereocenters. The third-order valence-corrected chi connectivity index (χ3v) is 4.34. The number of carbonyl (C=O) groups excluding carboxylic acids is 1. The standard InChI is InChI=1S/C17H13N5O2S/c1-11-9-13(21-24-11)16-20-14(10-25-16)15-7-8-18-22(15)17(23)19-12-5-3-2-4-6-12/h2-10H,1H3,(H,19,23). The average Bonchev–Trinajstić information content (AvgIpc) is 3.35. The molecule has 0 spiro atoms. The van der Waals surface area contributed by atoms with Gasteiger partial charge in [-0.1, -0.05) is 23.4 Å². The van der Waals surface area contributed by atoms with Crippen LogP contribution in [0.15, 0.2) is 58.6 Å². The summed E-state index contributed by atoms with van der Waals surface area (Å²) in [6, 6.07) is 12.4. The second kappa shape index (κ2) is 6.33. The van der Waals surface area contributed by atoms with Crippen molar-refractivity contribution in [2.24, 2.45) is 0 Å². The first-order valence-electron chi connectivity index (χ1n) is 7.51. The Balaban J connectivity index is 1.61. The van der Waals surface area contributed by atoms with Crippen molar-refractivity contribution in [3.63, 3.8) is 0 Å². The summed E-state index contributed by atoms with van der Waals surface area (Å²) < 4.78 is 6.37. The Morgan fingerprint density at radius 3 is 2.80 bits per heavy atom. The number of aromatic nitrogens is 4. The lowest BCUT2D eigenvalue weighted by atomic mass is 10.3. The number of benzene rings is 1. The summed E-state index contributed by atoms with van der Waals surface area (Å²) in [5.41, 5.74) is 2.64. The topological polar surface area (TPSA) is 85.8 Å². The second-order valence-corrected chi connectivity index (χ2v) is 6.14. The lowest BCUT2D eigenvalue weighted by molar-refractivity contribution is 0.251. The van der Waals surface area contributed by atoms with Crippen LogP contribution < -0.4 is 5.32 Å². The van der Waals surface area contributed by atoms with E-state index in [0.717, 1.165) is 10.8 Å². The van der Waals surface area contributed by atoms with E-state index in [1.165, 1.54) is 16.0 Å². The Labute approximate surface area is 146 Å². The molecule has 4 rings (SSSR count). The Morgan fingerprint density at radius 2 is 2.04 bits per heavy atom. The van der Waals surface area contributed by atoms with Crippen LogP contribution in [0.5, 0.6) is 0 Å². The molecule has 0 aliphatic carbocycles. The average molecular weight is 351 g/mol. The predicted molar refractivity (Wildman–Crippen MR) is 94.4 cm³/mol. The number of thiazole rings is 1. The molecule has 8 heteroatoms. The SMILES string of the molecule is Cc1cc(-c2nc(-c3ccnn3C(=O)Nc3ccccc3)cs2)no1. The normalized spacial score (nSPS) is 10.8. The van der Waals surface area contributed by atoms with Gasteiger partial charge in [0.15, 0.2) is 0 Å². The molecule has 124 valence electrons. The molecule has 7 nitrogen and oxygen atoms in total. The number of amides is 1. The van der Waals surface area contributed by atoms with E-state index in [9.17, 15) is 4.79 Å². The number of aryl methyl sites for hydroxylation is 1. The highest BCUT2D eigenvalue weighted by Gasteiger charge is 2.17. The van der Waals surface area contributed by atoms with Crippen LogP contribution in [-0.2, 0) is 0 Å². The summed E-state index contributed by atoms with van der Waals surface area (Å²) in [5.74, 6) is 0.721. The van der Waals surface area contributed by atoms with Crippen molar-refractivity contribution < 1.29 is 9.32 Å². The third kappa shape index (κ3) is 3.07. The molecule has 1 N–H and O–H groups in total. The van der Waals surface area contributed by atoms with Crippen LogP contribution in [-0.4, -0.2) is 26.0 Å². The number of hydrogen-bond acceptors (Lipinski definition) is 6. The minimum Gasteiger partial charge on any atom is -0.361 e. The summed E-state index contributed by atoms with van der Waals surface area (Å²) in [6.07, 6.45) is 1.57. The summed E-state index contributed by atoms with van der Waals surface area (Å²) >= 11 is 1.43. The van der Waals surface area contributed by atoms with Crippen molar-refractivity contribution in [2.45, 2.75) is 6.92 Å². The van der Waals surface area contributed by atoms with Crippen molar-refractivity contribution in [3.8, 4) is 22.1 Å². The number of nitrogens with zero attached hydrogens (tertiary/aromatic N) is 4. The maximum Gasteiger partial charge on any atom is 0.347 e. The van der Waals surface area contributed by atoms with Crippen molar-refractivity contribution in [1.82, 2.24) is 19.9 Å². The van der Waals surface area contributed by atoms with Crippen molar-refractivity contribution in [3.05, 3.63) is 59.8 Å². The first-order valence-corrected chi connectivity index (χ1v) is 8.39. The molecule has 4 aromatic rings. The van der Waals surface area contributed by atoms with Crippen molar-refractivity contribution >= 4 is 23.1 Å². The summed E-state index contributed by atoms with van der Waals surface area (Å²) in [7, 11) is 0. The minimum atomic E-state index is -0.349. The van der Waals surface area contributed by atoms with Crippen LogP contribution >= 0.6 is 11.3 Å². The van der Waals surface area contributed by atoms with Crippen LogP contribution in [0.4, 0.5) is 10.5 Å². The van der Waals surface area contributed by atoms with Crippen LogP contribution in [0.2, 0.25) is 0 Å².